The van der Waals surface area contributed by atoms with Gasteiger partial charge in [-0.25, -0.2) is 0 Å². The first-order valence-electron chi connectivity index (χ1n) is 7.91. The van der Waals surface area contributed by atoms with Crippen molar-refractivity contribution in [1.82, 2.24) is 10.2 Å². The molecule has 3 heteroatoms. The normalized spacial score (nSPS) is 26.8. The second kappa shape index (κ2) is 6.17. The number of hydrogen-bond acceptors (Lipinski definition) is 2. The van der Waals surface area contributed by atoms with Crippen LogP contribution < -0.4 is 5.32 Å². The number of nitrogens with one attached hydrogen (secondary N) is 1. The molecule has 0 bridgehead atoms. The lowest BCUT2D eigenvalue weighted by Crippen LogP contribution is -2.64. The van der Waals surface area contributed by atoms with Crippen molar-refractivity contribution in [3.63, 3.8) is 0 Å². The van der Waals surface area contributed by atoms with Crippen LogP contribution in [0.15, 0.2) is 28.7 Å². The summed E-state index contributed by atoms with van der Waals surface area (Å²) in [5.41, 5.74) is 1.84. The molecule has 0 radical (unpaired) electrons. The quantitative estimate of drug-likeness (QED) is 0.879. The Morgan fingerprint density at radius 2 is 2.10 bits per heavy atom. The molecule has 1 N–H and O–H groups in total. The van der Waals surface area contributed by atoms with Crippen LogP contribution in [0.25, 0.3) is 0 Å². The van der Waals surface area contributed by atoms with Crippen LogP contribution in [-0.4, -0.2) is 29.6 Å². The van der Waals surface area contributed by atoms with Crippen LogP contribution in [-0.2, 0) is 6.54 Å². The van der Waals surface area contributed by atoms with Gasteiger partial charge in [0.2, 0.25) is 0 Å². The van der Waals surface area contributed by atoms with E-state index >= 15 is 0 Å². The van der Waals surface area contributed by atoms with Gasteiger partial charge in [-0.05, 0) is 37.5 Å². The highest BCUT2D eigenvalue weighted by molar-refractivity contribution is 9.10. The zero-order valence-corrected chi connectivity index (χ0v) is 14.0. The maximum Gasteiger partial charge on any atom is 0.0338 e. The molecule has 1 aliphatic heterocycles. The van der Waals surface area contributed by atoms with Crippen molar-refractivity contribution in [2.24, 2.45) is 0 Å². The van der Waals surface area contributed by atoms with Crippen LogP contribution in [0.4, 0.5) is 0 Å². The first kappa shape index (κ1) is 14.6. The Morgan fingerprint density at radius 3 is 2.85 bits per heavy atom. The number of benzene rings is 1. The summed E-state index contributed by atoms with van der Waals surface area (Å²) in [6, 6.07) is 9.39. The van der Waals surface area contributed by atoms with Crippen molar-refractivity contribution in [2.45, 2.75) is 57.2 Å². The molecule has 0 aromatic heterocycles. The predicted molar refractivity (Wildman–Crippen MR) is 87.8 cm³/mol. The van der Waals surface area contributed by atoms with Gasteiger partial charge in [-0.15, -0.1) is 0 Å². The average Bonchev–Trinajstić information content (AvgIpc) is 2.45. The molecule has 1 saturated heterocycles. The highest BCUT2D eigenvalue weighted by Crippen LogP contribution is 2.36. The molecule has 1 aromatic carbocycles. The van der Waals surface area contributed by atoms with Gasteiger partial charge in [0.1, 0.15) is 0 Å². The topological polar surface area (TPSA) is 15.3 Å². The summed E-state index contributed by atoms with van der Waals surface area (Å²) in [6.07, 6.45) is 6.93. The Morgan fingerprint density at radius 1 is 1.30 bits per heavy atom. The molecule has 0 amide bonds. The standard InChI is InChI=1S/C17H25BrN2/c1-14-11-20(12-15-6-5-7-16(18)10-15)17(13-19-14)8-3-2-4-9-17/h5-7,10,14,19H,2-4,8-9,11-13H2,1H3. The van der Waals surface area contributed by atoms with Gasteiger partial charge >= 0.3 is 0 Å². The van der Waals surface area contributed by atoms with Crippen LogP contribution in [0.2, 0.25) is 0 Å². The van der Waals surface area contributed by atoms with E-state index in [2.05, 4.69) is 57.3 Å². The molecule has 1 aliphatic carbocycles. The first-order valence-corrected chi connectivity index (χ1v) is 8.70. The monoisotopic (exact) mass is 336 g/mol. The Hall–Kier alpha value is -0.380. The van der Waals surface area contributed by atoms with Crippen molar-refractivity contribution < 1.29 is 0 Å². The molecule has 2 fully saturated rings. The van der Waals surface area contributed by atoms with Crippen LogP contribution in [0.1, 0.15) is 44.6 Å². The summed E-state index contributed by atoms with van der Waals surface area (Å²) < 4.78 is 1.19. The fourth-order valence-corrected chi connectivity index (χ4v) is 4.30. The van der Waals surface area contributed by atoms with E-state index in [9.17, 15) is 0 Å². The summed E-state index contributed by atoms with van der Waals surface area (Å²) in [5, 5.41) is 3.72. The second-order valence-electron chi connectivity index (χ2n) is 6.58. The molecular weight excluding hydrogens is 312 g/mol. The third-order valence-corrected chi connectivity index (χ3v) is 5.48. The maximum atomic E-state index is 3.72. The Labute approximate surface area is 131 Å². The average molecular weight is 337 g/mol. The third-order valence-electron chi connectivity index (χ3n) is 4.99. The van der Waals surface area contributed by atoms with Crippen molar-refractivity contribution in [3.05, 3.63) is 34.3 Å². The smallest absolute Gasteiger partial charge is 0.0338 e. The highest BCUT2D eigenvalue weighted by atomic mass is 79.9. The van der Waals surface area contributed by atoms with Gasteiger partial charge in [0.15, 0.2) is 0 Å². The molecule has 1 saturated carbocycles. The number of rotatable bonds is 2. The summed E-state index contributed by atoms with van der Waals surface area (Å²) in [6.45, 7) is 5.74. The largest absolute Gasteiger partial charge is 0.311 e. The summed E-state index contributed by atoms with van der Waals surface area (Å²) in [4.78, 5) is 2.76. The maximum absolute atomic E-state index is 3.72. The number of piperazine rings is 1. The Balaban J connectivity index is 1.79. The SMILES string of the molecule is CC1CN(Cc2cccc(Br)c2)C2(CCCCC2)CN1. The van der Waals surface area contributed by atoms with E-state index in [1.54, 1.807) is 0 Å². The summed E-state index contributed by atoms with van der Waals surface area (Å²) in [5.74, 6) is 0. The summed E-state index contributed by atoms with van der Waals surface area (Å²) in [7, 11) is 0. The zero-order chi connectivity index (χ0) is 14.0. The molecule has 2 aliphatic rings. The molecule has 1 heterocycles. The Kier molecular flexibility index (Phi) is 4.49. The van der Waals surface area contributed by atoms with Gasteiger partial charge < -0.3 is 5.32 Å². The second-order valence-corrected chi connectivity index (χ2v) is 7.49. The lowest BCUT2D eigenvalue weighted by molar-refractivity contribution is 0.00616. The van der Waals surface area contributed by atoms with Gasteiger partial charge in [0.25, 0.3) is 0 Å². The Bertz CT molecular complexity index is 454. The lowest BCUT2D eigenvalue weighted by atomic mass is 9.78. The van der Waals surface area contributed by atoms with E-state index in [-0.39, 0.29) is 0 Å². The van der Waals surface area contributed by atoms with Crippen molar-refractivity contribution in [2.75, 3.05) is 13.1 Å². The van der Waals surface area contributed by atoms with Crippen molar-refractivity contribution in [1.29, 1.82) is 0 Å². The minimum atomic E-state index is 0.410. The molecule has 1 spiro atoms. The molecule has 110 valence electrons. The lowest BCUT2D eigenvalue weighted by Gasteiger charge is -2.51. The fourth-order valence-electron chi connectivity index (χ4n) is 3.86. The van der Waals surface area contributed by atoms with Gasteiger partial charge in [0, 0.05) is 35.7 Å². The predicted octanol–water partition coefficient (Wildman–Crippen LogP) is 3.95. The number of hydrogen-bond donors (Lipinski definition) is 1. The van der Waals surface area contributed by atoms with E-state index in [1.165, 1.54) is 55.2 Å². The molecule has 3 rings (SSSR count). The minimum Gasteiger partial charge on any atom is -0.311 e. The number of halogens is 1. The van der Waals surface area contributed by atoms with E-state index in [4.69, 9.17) is 0 Å². The molecule has 1 atom stereocenters. The molecule has 2 nitrogen and oxygen atoms in total. The zero-order valence-electron chi connectivity index (χ0n) is 12.4. The van der Waals surface area contributed by atoms with E-state index in [1.807, 2.05) is 0 Å². The van der Waals surface area contributed by atoms with E-state index < -0.39 is 0 Å². The van der Waals surface area contributed by atoms with Gasteiger partial charge in [0.05, 0.1) is 0 Å². The van der Waals surface area contributed by atoms with Crippen LogP contribution in [0.3, 0.4) is 0 Å². The fraction of sp³-hybridized carbons (Fsp3) is 0.647. The van der Waals surface area contributed by atoms with Gasteiger partial charge in [-0.2, -0.15) is 0 Å². The van der Waals surface area contributed by atoms with Crippen molar-refractivity contribution >= 4 is 15.9 Å². The minimum absolute atomic E-state index is 0.410. The first-order chi connectivity index (χ1) is 9.68. The molecule has 20 heavy (non-hydrogen) atoms. The van der Waals surface area contributed by atoms with Crippen LogP contribution in [0.5, 0.6) is 0 Å². The third kappa shape index (κ3) is 3.10. The molecule has 1 unspecified atom stereocenters. The van der Waals surface area contributed by atoms with Crippen LogP contribution in [0, 0.1) is 0 Å². The van der Waals surface area contributed by atoms with E-state index in [0.717, 1.165) is 6.54 Å². The van der Waals surface area contributed by atoms with Crippen LogP contribution >= 0.6 is 15.9 Å². The van der Waals surface area contributed by atoms with Gasteiger partial charge in [-0.3, -0.25) is 4.90 Å². The van der Waals surface area contributed by atoms with E-state index in [0.29, 0.717) is 11.6 Å². The highest BCUT2D eigenvalue weighted by Gasteiger charge is 2.41. The number of nitrogens with zero attached hydrogens (tertiary/aromatic N) is 1. The van der Waals surface area contributed by atoms with Gasteiger partial charge in [-0.1, -0.05) is 47.3 Å². The summed E-state index contributed by atoms with van der Waals surface area (Å²) >= 11 is 3.60. The van der Waals surface area contributed by atoms with Crippen molar-refractivity contribution in [3.8, 4) is 0 Å². The molecule has 1 aromatic rings. The molecular formula is C17H25BrN2.